The van der Waals surface area contributed by atoms with Crippen LogP contribution in [0.25, 0.3) is 22.2 Å². The van der Waals surface area contributed by atoms with Crippen molar-refractivity contribution in [1.82, 2.24) is 9.97 Å². The molecule has 2 aromatic carbocycles. The van der Waals surface area contributed by atoms with Gasteiger partial charge in [-0.3, -0.25) is 14.6 Å². The number of pyridine rings is 2. The van der Waals surface area contributed by atoms with Gasteiger partial charge in [-0.1, -0.05) is 6.07 Å². The van der Waals surface area contributed by atoms with Gasteiger partial charge in [-0.05, 0) is 62.7 Å². The van der Waals surface area contributed by atoms with Gasteiger partial charge in [0.15, 0.2) is 17.4 Å². The number of ketones is 1. The van der Waals surface area contributed by atoms with Gasteiger partial charge in [0.25, 0.3) is 0 Å². The zero-order valence-electron chi connectivity index (χ0n) is 22.1. The van der Waals surface area contributed by atoms with E-state index in [0.717, 1.165) is 17.5 Å². The normalized spacial score (nSPS) is 17.6. The molecule has 0 radical (unpaired) electrons. The Hall–Kier alpha value is -4.44. The number of hydrogen-bond acceptors (Lipinski definition) is 7. The molecule has 0 aliphatic carbocycles. The summed E-state index contributed by atoms with van der Waals surface area (Å²) in [5.41, 5.74) is 4.61. The molecule has 0 unspecified atom stereocenters. The lowest BCUT2D eigenvalue weighted by Crippen LogP contribution is -2.40. The largest absolute Gasteiger partial charge is 0.494 e. The molecule has 0 saturated heterocycles. The third kappa shape index (κ3) is 4.64. The van der Waals surface area contributed by atoms with Crippen LogP contribution in [0, 0.1) is 11.6 Å². The van der Waals surface area contributed by atoms with Crippen molar-refractivity contribution in [1.29, 1.82) is 0 Å². The van der Waals surface area contributed by atoms with Crippen LogP contribution in [0.1, 0.15) is 48.3 Å². The predicted molar refractivity (Wildman–Crippen MR) is 143 cm³/mol. The number of carbonyl (C=O) groups is 2. The molecule has 10 heteroatoms. The van der Waals surface area contributed by atoms with Gasteiger partial charge in [0, 0.05) is 34.7 Å². The Morgan fingerprint density at radius 3 is 2.65 bits per heavy atom. The minimum Gasteiger partial charge on any atom is -0.494 e. The van der Waals surface area contributed by atoms with Crippen molar-refractivity contribution in [3.8, 4) is 22.8 Å². The summed E-state index contributed by atoms with van der Waals surface area (Å²) in [6, 6.07) is 11.7. The lowest BCUT2D eigenvalue weighted by molar-refractivity contribution is -0.123. The number of carbonyl (C=O) groups excluding carboxylic acids is 2. The van der Waals surface area contributed by atoms with Gasteiger partial charge in [-0.2, -0.15) is 0 Å². The molecule has 206 valence electrons. The second kappa shape index (κ2) is 9.95. The maximum Gasteiger partial charge on any atom is 0.231 e. The summed E-state index contributed by atoms with van der Waals surface area (Å²) in [5, 5.41) is 12.3. The van der Waals surface area contributed by atoms with Crippen LogP contribution in [0.5, 0.6) is 11.5 Å². The van der Waals surface area contributed by atoms with Gasteiger partial charge < -0.3 is 20.3 Å². The molecular formula is C30H27F2N3O5. The molecule has 5 rings (SSSR count). The van der Waals surface area contributed by atoms with Crippen LogP contribution in [0.15, 0.2) is 54.7 Å². The van der Waals surface area contributed by atoms with Crippen LogP contribution in [-0.2, 0) is 15.8 Å². The van der Waals surface area contributed by atoms with E-state index in [1.54, 1.807) is 31.3 Å². The van der Waals surface area contributed by atoms with E-state index in [2.05, 4.69) is 9.97 Å². The van der Waals surface area contributed by atoms with Gasteiger partial charge >= 0.3 is 0 Å². The molecule has 1 aliphatic rings. The van der Waals surface area contributed by atoms with Crippen LogP contribution < -0.4 is 15.2 Å². The number of nitrogens with two attached hydrogens (primary N) is 1. The fraction of sp³-hybridized carbons (Fsp3) is 0.267. The summed E-state index contributed by atoms with van der Waals surface area (Å²) in [5.74, 6) is -2.38. The molecule has 3 N–H and O–H groups in total. The SMILES string of the molecule is COc1cc(C(=O)CC[C@](C)(O)c2cc3c(c(-c4ccc(F)c(F)c4)n2)OC[C@]3(C)C(N)=O)cc2cccnc12. The fourth-order valence-corrected chi connectivity index (χ4v) is 4.81. The monoisotopic (exact) mass is 547 g/mol. The standard InChI is InChI=1S/C30H27F2N3O5/c1-29(28(33)37)15-40-27-19(29)14-24(35-26(27)17-6-7-20(31)21(32)12-17)30(2,38)9-8-22(36)18-11-16-5-4-10-34-25(16)23(13-18)39-3/h4-7,10-14,38H,8-9,15H2,1-3H3,(H2,33,37)/t29-,30-/m0/s1. The summed E-state index contributed by atoms with van der Waals surface area (Å²) in [7, 11) is 1.50. The molecule has 1 aliphatic heterocycles. The summed E-state index contributed by atoms with van der Waals surface area (Å²) in [4.78, 5) is 34.5. The lowest BCUT2D eigenvalue weighted by Gasteiger charge is -2.26. The smallest absolute Gasteiger partial charge is 0.231 e. The highest BCUT2D eigenvalue weighted by Gasteiger charge is 2.45. The van der Waals surface area contributed by atoms with Crippen molar-refractivity contribution in [2.75, 3.05) is 13.7 Å². The van der Waals surface area contributed by atoms with Crippen molar-refractivity contribution in [3.05, 3.63) is 83.2 Å². The highest BCUT2D eigenvalue weighted by atomic mass is 19.2. The number of amides is 1. The molecule has 8 nitrogen and oxygen atoms in total. The van der Waals surface area contributed by atoms with Gasteiger partial charge in [0.2, 0.25) is 5.91 Å². The number of primary amides is 1. The molecule has 2 atom stereocenters. The van der Waals surface area contributed by atoms with Crippen molar-refractivity contribution in [2.24, 2.45) is 5.73 Å². The first-order chi connectivity index (χ1) is 18.9. The number of methoxy groups -OCH3 is 1. The number of rotatable bonds is 8. The van der Waals surface area contributed by atoms with Crippen LogP contribution >= 0.6 is 0 Å². The molecule has 3 heterocycles. The molecule has 1 amide bonds. The third-order valence-corrected chi connectivity index (χ3v) is 7.41. The van der Waals surface area contributed by atoms with Crippen molar-refractivity contribution >= 4 is 22.6 Å². The maximum absolute atomic E-state index is 14.1. The maximum atomic E-state index is 14.1. The molecule has 0 fully saturated rings. The summed E-state index contributed by atoms with van der Waals surface area (Å²) in [6.45, 7) is 3.01. The molecule has 4 aromatic rings. The molecular weight excluding hydrogens is 520 g/mol. The molecule has 2 aromatic heterocycles. The number of hydrogen-bond donors (Lipinski definition) is 2. The number of benzene rings is 2. The van der Waals surface area contributed by atoms with Crippen molar-refractivity contribution in [3.63, 3.8) is 0 Å². The first kappa shape index (κ1) is 27.1. The number of Topliss-reactive ketones (excluding diaryl/α,β-unsaturated/α-hetero) is 1. The van der Waals surface area contributed by atoms with Gasteiger partial charge in [0.1, 0.15) is 40.3 Å². The number of halogens is 2. The summed E-state index contributed by atoms with van der Waals surface area (Å²) in [6.07, 6.45) is 1.55. The van der Waals surface area contributed by atoms with E-state index in [1.165, 1.54) is 26.2 Å². The Balaban J connectivity index is 1.51. The number of aromatic nitrogens is 2. The molecule has 0 saturated carbocycles. The highest BCUT2D eigenvalue weighted by molar-refractivity contribution is 6.01. The quantitative estimate of drug-likeness (QED) is 0.309. The van der Waals surface area contributed by atoms with E-state index in [1.807, 2.05) is 6.07 Å². The number of nitrogens with zero attached hydrogens (tertiary/aromatic N) is 2. The second-order valence-corrected chi connectivity index (χ2v) is 10.3. The van der Waals surface area contributed by atoms with Crippen LogP contribution in [0.3, 0.4) is 0 Å². The summed E-state index contributed by atoms with van der Waals surface area (Å²) < 4.78 is 39.0. The number of aliphatic hydroxyl groups is 1. The number of ether oxygens (including phenoxy) is 2. The average molecular weight is 548 g/mol. The second-order valence-electron chi connectivity index (χ2n) is 10.3. The lowest BCUT2D eigenvalue weighted by atomic mass is 9.81. The highest BCUT2D eigenvalue weighted by Crippen LogP contribution is 2.46. The van der Waals surface area contributed by atoms with Gasteiger partial charge in [0.05, 0.1) is 12.8 Å². The minimum atomic E-state index is -1.65. The molecule has 40 heavy (non-hydrogen) atoms. The van der Waals surface area contributed by atoms with Gasteiger partial charge in [-0.15, -0.1) is 0 Å². The Bertz CT molecular complexity index is 1670. The fourth-order valence-electron chi connectivity index (χ4n) is 4.81. The van der Waals surface area contributed by atoms with E-state index in [0.29, 0.717) is 22.4 Å². The van der Waals surface area contributed by atoms with Crippen molar-refractivity contribution in [2.45, 2.75) is 37.7 Å². The zero-order chi connectivity index (χ0) is 28.8. The predicted octanol–water partition coefficient (Wildman–Crippen LogP) is 4.59. The van der Waals surface area contributed by atoms with Crippen LogP contribution in [0.2, 0.25) is 0 Å². The zero-order valence-corrected chi connectivity index (χ0v) is 22.1. The Kier molecular flexibility index (Phi) is 6.75. The van der Waals surface area contributed by atoms with E-state index in [9.17, 15) is 23.5 Å². The van der Waals surface area contributed by atoms with Gasteiger partial charge in [-0.25, -0.2) is 13.8 Å². The summed E-state index contributed by atoms with van der Waals surface area (Å²) >= 11 is 0. The first-order valence-electron chi connectivity index (χ1n) is 12.6. The molecule has 0 spiro atoms. The van der Waals surface area contributed by atoms with E-state index < -0.39 is 28.6 Å². The first-order valence-corrected chi connectivity index (χ1v) is 12.6. The average Bonchev–Trinajstić information content (AvgIpc) is 3.30. The Labute approximate surface area is 228 Å². The third-order valence-electron chi connectivity index (χ3n) is 7.41. The topological polar surface area (TPSA) is 125 Å². The molecule has 0 bridgehead atoms. The van der Waals surface area contributed by atoms with E-state index in [4.69, 9.17) is 15.2 Å². The van der Waals surface area contributed by atoms with Crippen molar-refractivity contribution < 1.29 is 33.0 Å². The van der Waals surface area contributed by atoms with E-state index in [-0.39, 0.29) is 47.9 Å². The minimum absolute atomic E-state index is 0.0314. The van der Waals surface area contributed by atoms with Crippen LogP contribution in [-0.4, -0.2) is 40.5 Å². The van der Waals surface area contributed by atoms with E-state index >= 15 is 0 Å². The van der Waals surface area contributed by atoms with Crippen LogP contribution in [0.4, 0.5) is 8.78 Å². The Morgan fingerprint density at radius 1 is 1.18 bits per heavy atom. The Morgan fingerprint density at radius 2 is 1.95 bits per heavy atom. The number of fused-ring (bicyclic) bond motifs is 2.